The molecule has 1 aliphatic heterocycles. The number of thiophene rings is 1. The van der Waals surface area contributed by atoms with E-state index in [2.05, 4.69) is 10.2 Å². The Labute approximate surface area is 205 Å². The molecular formula is C26H21ClFN3O2S. The number of carbonyl (C=O) groups excluding carboxylic acids is 2. The lowest BCUT2D eigenvalue weighted by molar-refractivity contribution is 0.0742. The summed E-state index contributed by atoms with van der Waals surface area (Å²) in [5, 5.41) is 4.26. The number of fused-ring (bicyclic) bond motifs is 1. The fraction of sp³-hybridized carbons (Fsp3) is 0.154. The van der Waals surface area contributed by atoms with Crippen LogP contribution < -0.4 is 10.2 Å². The predicted octanol–water partition coefficient (Wildman–Crippen LogP) is 5.91. The Morgan fingerprint density at radius 3 is 2.26 bits per heavy atom. The maximum Gasteiger partial charge on any atom is 0.267 e. The fourth-order valence-electron chi connectivity index (χ4n) is 4.08. The molecule has 0 unspecified atom stereocenters. The van der Waals surface area contributed by atoms with Crippen molar-refractivity contribution in [1.29, 1.82) is 0 Å². The number of carbonyl (C=O) groups is 2. The molecule has 1 N–H and O–H groups in total. The lowest BCUT2D eigenvalue weighted by Crippen LogP contribution is -2.49. The molecule has 3 aromatic carbocycles. The van der Waals surface area contributed by atoms with Crippen LogP contribution in [-0.2, 0) is 0 Å². The number of hydrogen-bond donors (Lipinski definition) is 1. The van der Waals surface area contributed by atoms with Gasteiger partial charge in [-0.3, -0.25) is 9.59 Å². The number of hydrogen-bond acceptors (Lipinski definition) is 4. The molecule has 2 amide bonds. The number of amides is 2. The number of piperazine rings is 1. The van der Waals surface area contributed by atoms with Crippen LogP contribution in [0.5, 0.6) is 0 Å². The highest BCUT2D eigenvalue weighted by Gasteiger charge is 2.24. The second-order valence-electron chi connectivity index (χ2n) is 8.00. The Morgan fingerprint density at radius 2 is 1.56 bits per heavy atom. The van der Waals surface area contributed by atoms with Gasteiger partial charge >= 0.3 is 0 Å². The van der Waals surface area contributed by atoms with Crippen LogP contribution in [0.15, 0.2) is 72.8 Å². The third-order valence-electron chi connectivity index (χ3n) is 5.90. The van der Waals surface area contributed by atoms with Gasteiger partial charge in [0.1, 0.15) is 10.7 Å². The summed E-state index contributed by atoms with van der Waals surface area (Å²) in [6, 6.07) is 21.3. The van der Waals surface area contributed by atoms with E-state index in [1.807, 2.05) is 48.5 Å². The van der Waals surface area contributed by atoms with Crippen molar-refractivity contribution in [3.8, 4) is 0 Å². The van der Waals surface area contributed by atoms with Gasteiger partial charge < -0.3 is 15.1 Å². The molecule has 0 aliphatic carbocycles. The first-order chi connectivity index (χ1) is 16.5. The van der Waals surface area contributed by atoms with Crippen molar-refractivity contribution in [3.63, 3.8) is 0 Å². The molecule has 1 aromatic heterocycles. The molecular weight excluding hydrogens is 473 g/mol. The molecule has 2 heterocycles. The summed E-state index contributed by atoms with van der Waals surface area (Å²) in [5.74, 6) is -1.01. The zero-order valence-electron chi connectivity index (χ0n) is 18.1. The topological polar surface area (TPSA) is 52.7 Å². The van der Waals surface area contributed by atoms with Crippen LogP contribution >= 0.6 is 22.9 Å². The van der Waals surface area contributed by atoms with E-state index in [1.54, 1.807) is 17.0 Å². The van der Waals surface area contributed by atoms with Crippen molar-refractivity contribution in [2.75, 3.05) is 36.4 Å². The van der Waals surface area contributed by atoms with Crippen molar-refractivity contribution in [1.82, 2.24) is 4.90 Å². The standard InChI is InChI=1S/C26H21ClFN3O2S/c27-23-20-6-2-4-8-22(20)34-24(23)25(32)29-17-9-11-18(12-10-17)30-13-15-31(16-14-30)26(33)19-5-1-3-7-21(19)28/h1-12H,13-16H2,(H,29,32). The Balaban J connectivity index is 1.21. The average molecular weight is 494 g/mol. The number of rotatable bonds is 4. The molecule has 4 aromatic rings. The average Bonchev–Trinajstić information content (AvgIpc) is 3.21. The van der Waals surface area contributed by atoms with Gasteiger partial charge in [0.2, 0.25) is 0 Å². The first kappa shape index (κ1) is 22.4. The van der Waals surface area contributed by atoms with Crippen LogP contribution in [0.4, 0.5) is 15.8 Å². The molecule has 1 saturated heterocycles. The summed E-state index contributed by atoms with van der Waals surface area (Å²) in [6.45, 7) is 2.30. The Kier molecular flexibility index (Phi) is 6.22. The van der Waals surface area contributed by atoms with E-state index < -0.39 is 5.82 Å². The molecule has 1 aliphatic rings. The van der Waals surface area contributed by atoms with Gasteiger partial charge in [0.25, 0.3) is 11.8 Å². The van der Waals surface area contributed by atoms with E-state index in [0.29, 0.717) is 41.8 Å². The third-order valence-corrected chi connectivity index (χ3v) is 7.58. The van der Waals surface area contributed by atoms with Crippen LogP contribution in [0.2, 0.25) is 5.02 Å². The van der Waals surface area contributed by atoms with E-state index in [1.165, 1.54) is 23.5 Å². The Bertz CT molecular complexity index is 1360. The highest BCUT2D eigenvalue weighted by atomic mass is 35.5. The van der Waals surface area contributed by atoms with E-state index >= 15 is 0 Å². The van der Waals surface area contributed by atoms with E-state index in [0.717, 1.165) is 15.8 Å². The van der Waals surface area contributed by atoms with Crippen molar-refractivity contribution in [2.45, 2.75) is 0 Å². The predicted molar refractivity (Wildman–Crippen MR) is 136 cm³/mol. The Morgan fingerprint density at radius 1 is 0.882 bits per heavy atom. The summed E-state index contributed by atoms with van der Waals surface area (Å²) in [4.78, 5) is 29.7. The number of benzene rings is 3. The van der Waals surface area contributed by atoms with Gasteiger partial charge in [0.05, 0.1) is 10.6 Å². The van der Waals surface area contributed by atoms with Crippen molar-refractivity contribution < 1.29 is 14.0 Å². The second kappa shape index (κ2) is 9.44. The van der Waals surface area contributed by atoms with Crippen LogP contribution in [0.3, 0.4) is 0 Å². The minimum atomic E-state index is -0.496. The molecule has 5 nitrogen and oxygen atoms in total. The smallest absolute Gasteiger partial charge is 0.267 e. The lowest BCUT2D eigenvalue weighted by Gasteiger charge is -2.36. The van der Waals surface area contributed by atoms with Gasteiger partial charge in [-0.1, -0.05) is 41.9 Å². The zero-order valence-corrected chi connectivity index (χ0v) is 19.7. The molecule has 0 atom stereocenters. The molecule has 5 rings (SSSR count). The Hall–Kier alpha value is -3.42. The third kappa shape index (κ3) is 4.36. The first-order valence-electron chi connectivity index (χ1n) is 10.9. The van der Waals surface area contributed by atoms with Gasteiger partial charge in [-0.05, 0) is 42.5 Å². The summed E-state index contributed by atoms with van der Waals surface area (Å²) in [6.07, 6.45) is 0. The largest absolute Gasteiger partial charge is 0.368 e. The molecule has 0 saturated carbocycles. The van der Waals surface area contributed by atoms with E-state index in [9.17, 15) is 14.0 Å². The van der Waals surface area contributed by atoms with E-state index in [4.69, 9.17) is 11.6 Å². The molecule has 34 heavy (non-hydrogen) atoms. The van der Waals surface area contributed by atoms with Crippen LogP contribution in [0.25, 0.3) is 10.1 Å². The minimum absolute atomic E-state index is 0.106. The monoisotopic (exact) mass is 493 g/mol. The van der Waals surface area contributed by atoms with Gasteiger partial charge in [0, 0.05) is 47.6 Å². The van der Waals surface area contributed by atoms with Gasteiger partial charge in [-0.2, -0.15) is 0 Å². The van der Waals surface area contributed by atoms with Crippen molar-refractivity contribution >= 4 is 56.2 Å². The van der Waals surface area contributed by atoms with E-state index in [-0.39, 0.29) is 17.4 Å². The normalized spacial score (nSPS) is 13.8. The molecule has 0 radical (unpaired) electrons. The second-order valence-corrected chi connectivity index (χ2v) is 9.43. The molecule has 8 heteroatoms. The van der Waals surface area contributed by atoms with Gasteiger partial charge in [0.15, 0.2) is 0 Å². The number of anilines is 2. The summed E-state index contributed by atoms with van der Waals surface area (Å²) in [5.41, 5.74) is 1.78. The molecule has 172 valence electrons. The van der Waals surface area contributed by atoms with Crippen LogP contribution in [0, 0.1) is 5.82 Å². The summed E-state index contributed by atoms with van der Waals surface area (Å²) < 4.78 is 14.9. The molecule has 0 spiro atoms. The lowest BCUT2D eigenvalue weighted by atomic mass is 10.1. The highest BCUT2D eigenvalue weighted by molar-refractivity contribution is 7.21. The first-order valence-corrected chi connectivity index (χ1v) is 12.1. The summed E-state index contributed by atoms with van der Waals surface area (Å²) >= 11 is 7.79. The van der Waals surface area contributed by atoms with Crippen LogP contribution in [-0.4, -0.2) is 42.9 Å². The zero-order chi connectivity index (χ0) is 23.7. The maximum atomic E-state index is 14.0. The fourth-order valence-corrected chi connectivity index (χ4v) is 5.49. The van der Waals surface area contributed by atoms with Crippen molar-refractivity contribution in [3.05, 3.63) is 94.1 Å². The highest BCUT2D eigenvalue weighted by Crippen LogP contribution is 2.35. The maximum absolute atomic E-state index is 14.0. The van der Waals surface area contributed by atoms with Crippen LogP contribution in [0.1, 0.15) is 20.0 Å². The van der Waals surface area contributed by atoms with Crippen molar-refractivity contribution in [2.24, 2.45) is 0 Å². The SMILES string of the molecule is O=C(Nc1ccc(N2CCN(C(=O)c3ccccc3F)CC2)cc1)c1sc2ccccc2c1Cl. The quantitative estimate of drug-likeness (QED) is 0.384. The molecule has 1 fully saturated rings. The number of halogens is 2. The summed E-state index contributed by atoms with van der Waals surface area (Å²) in [7, 11) is 0. The van der Waals surface area contributed by atoms with Gasteiger partial charge in [-0.15, -0.1) is 11.3 Å². The number of nitrogens with one attached hydrogen (secondary N) is 1. The number of nitrogens with zero attached hydrogens (tertiary/aromatic N) is 2. The minimum Gasteiger partial charge on any atom is -0.368 e. The molecule has 0 bridgehead atoms. The van der Waals surface area contributed by atoms with Gasteiger partial charge in [-0.25, -0.2) is 4.39 Å².